The number of rotatable bonds is 3. The Balaban J connectivity index is 0.00000225. The largest absolute Gasteiger partial charge is 0.351 e. The Morgan fingerprint density at radius 3 is 2.81 bits per heavy atom. The van der Waals surface area contributed by atoms with Crippen LogP contribution >= 0.6 is 0 Å². The van der Waals surface area contributed by atoms with E-state index in [0.29, 0.717) is 11.9 Å². The van der Waals surface area contributed by atoms with Crippen LogP contribution in [0.4, 0.5) is 4.39 Å². The fraction of sp³-hybridized carbons (Fsp3) is 0.381. The molecule has 0 bridgehead atoms. The van der Waals surface area contributed by atoms with Gasteiger partial charge in [-0.2, -0.15) is 10.1 Å². The van der Waals surface area contributed by atoms with Crippen molar-refractivity contribution in [1.29, 1.82) is 0 Å². The lowest BCUT2D eigenvalue weighted by atomic mass is 10.1. The maximum Gasteiger partial charge on any atom is 0.200 e. The van der Waals surface area contributed by atoms with Crippen molar-refractivity contribution in [2.45, 2.75) is 26.3 Å². The lowest BCUT2D eigenvalue weighted by Crippen LogP contribution is -2.53. The molecule has 1 saturated heterocycles. The average Bonchev–Trinajstić information content (AvgIpc) is 2.93. The zero-order valence-corrected chi connectivity index (χ0v) is 15.8. The van der Waals surface area contributed by atoms with Crippen LogP contribution in [0.25, 0.3) is 0 Å². The molecule has 1 unspecified atom stereocenters. The highest BCUT2D eigenvalue weighted by atomic mass is 19.1. The molecule has 0 aromatic heterocycles. The summed E-state index contributed by atoms with van der Waals surface area (Å²) in [5, 5.41) is 6.47. The molecule has 3 aliphatic rings. The highest BCUT2D eigenvalue weighted by molar-refractivity contribution is 6.10. The Morgan fingerprint density at radius 1 is 1.26 bits per heavy atom. The Morgan fingerprint density at radius 2 is 2.07 bits per heavy atom. The van der Waals surface area contributed by atoms with Gasteiger partial charge in [-0.25, -0.2) is 9.38 Å². The highest BCUT2D eigenvalue weighted by Crippen LogP contribution is 2.28. The summed E-state index contributed by atoms with van der Waals surface area (Å²) in [5.41, 5.74) is 4.94. The summed E-state index contributed by atoms with van der Waals surface area (Å²) >= 11 is 0. The number of piperazine rings is 1. The Labute approximate surface area is 161 Å². The molecular formula is C21H26FN5. The summed E-state index contributed by atoms with van der Waals surface area (Å²) < 4.78 is 13.3. The number of hydrazone groups is 1. The van der Waals surface area contributed by atoms with Crippen molar-refractivity contribution in [3.63, 3.8) is 0 Å². The van der Waals surface area contributed by atoms with E-state index in [4.69, 9.17) is 4.99 Å². The number of hydrogen-bond donors (Lipinski definition) is 0. The number of benzene rings is 1. The van der Waals surface area contributed by atoms with Gasteiger partial charge in [0.2, 0.25) is 0 Å². The van der Waals surface area contributed by atoms with E-state index in [2.05, 4.69) is 40.6 Å². The number of fused-ring (bicyclic) bond motifs is 1. The molecule has 0 saturated carbocycles. The number of hydrogen-bond acceptors (Lipinski definition) is 5. The molecule has 1 atom stereocenters. The topological polar surface area (TPSA) is 34.4 Å². The van der Waals surface area contributed by atoms with Gasteiger partial charge in [0.15, 0.2) is 5.82 Å². The van der Waals surface area contributed by atoms with E-state index in [1.54, 1.807) is 12.1 Å². The van der Waals surface area contributed by atoms with Gasteiger partial charge < -0.3 is 4.90 Å². The molecule has 142 valence electrons. The second kappa shape index (κ2) is 7.51. The minimum atomic E-state index is -0.247. The van der Waals surface area contributed by atoms with E-state index < -0.39 is 0 Å². The third-order valence-corrected chi connectivity index (χ3v) is 5.15. The number of aliphatic imine (C=N–C) groups is 1. The van der Waals surface area contributed by atoms with Gasteiger partial charge in [0.25, 0.3) is 0 Å². The summed E-state index contributed by atoms with van der Waals surface area (Å²) in [6.45, 7) is 8.48. The molecule has 4 rings (SSSR count). The zero-order chi connectivity index (χ0) is 18.8. The van der Waals surface area contributed by atoms with Crippen LogP contribution in [0, 0.1) is 5.82 Å². The van der Waals surface area contributed by atoms with Crippen LogP contribution in [0.5, 0.6) is 0 Å². The molecule has 27 heavy (non-hydrogen) atoms. The van der Waals surface area contributed by atoms with Gasteiger partial charge in [0.1, 0.15) is 11.6 Å². The van der Waals surface area contributed by atoms with Gasteiger partial charge in [0, 0.05) is 51.4 Å². The van der Waals surface area contributed by atoms with Crippen LogP contribution in [-0.4, -0.2) is 59.0 Å². The summed E-state index contributed by atoms with van der Waals surface area (Å²) in [7, 11) is 0. The standard InChI is InChI=1S/C21H24FN5.H2/c1-3-25-12-13-26(16(2)15-25)21-14-19(17-7-9-18(22)10-8-17)24-20-6-4-5-11-23-27(20)21;/h4,7-11,14,16H,3,5,12-13,15H2,1-2H3;1H. The second-order valence-electron chi connectivity index (χ2n) is 6.96. The summed E-state index contributed by atoms with van der Waals surface area (Å²) in [5.74, 6) is 1.43. The molecule has 3 heterocycles. The van der Waals surface area contributed by atoms with Crippen LogP contribution in [0.1, 0.15) is 27.3 Å². The summed E-state index contributed by atoms with van der Waals surface area (Å²) in [6, 6.07) is 6.83. The van der Waals surface area contributed by atoms with E-state index in [9.17, 15) is 4.39 Å². The number of likely N-dealkylation sites (N-methyl/N-ethyl adjacent to an activating group) is 1. The van der Waals surface area contributed by atoms with Crippen molar-refractivity contribution in [1.82, 2.24) is 14.8 Å². The molecule has 0 aliphatic carbocycles. The molecule has 3 aliphatic heterocycles. The van der Waals surface area contributed by atoms with E-state index in [0.717, 1.165) is 49.7 Å². The normalized spacial score (nSPS) is 22.8. The Kier molecular flexibility index (Phi) is 4.92. The Hall–Kier alpha value is -2.69. The molecule has 5 nitrogen and oxygen atoms in total. The first kappa shape index (κ1) is 17.7. The number of nitrogens with zero attached hydrogens (tertiary/aromatic N) is 5. The predicted octanol–water partition coefficient (Wildman–Crippen LogP) is 3.43. The fourth-order valence-corrected chi connectivity index (χ4v) is 3.66. The molecule has 0 N–H and O–H groups in total. The van der Waals surface area contributed by atoms with Crippen molar-refractivity contribution in [3.05, 3.63) is 65.2 Å². The van der Waals surface area contributed by atoms with Crippen LogP contribution < -0.4 is 0 Å². The van der Waals surface area contributed by atoms with Gasteiger partial charge >= 0.3 is 0 Å². The average molecular weight is 367 g/mol. The maximum atomic E-state index is 13.3. The summed E-state index contributed by atoms with van der Waals surface area (Å²) in [6.07, 6.45) is 6.60. The smallest absolute Gasteiger partial charge is 0.200 e. The monoisotopic (exact) mass is 367 g/mol. The molecule has 1 aromatic rings. The number of halogens is 1. The maximum absolute atomic E-state index is 13.3. The SMILES string of the molecule is CCN1CCN(C2=CC(c3ccc(F)cc3)=NC3=C=CCC=NN32)C(C)C1.[HH]. The van der Waals surface area contributed by atoms with Gasteiger partial charge in [-0.3, -0.25) is 4.90 Å². The second-order valence-corrected chi connectivity index (χ2v) is 6.96. The quantitative estimate of drug-likeness (QED) is 0.768. The molecule has 0 spiro atoms. The molecule has 1 fully saturated rings. The third-order valence-electron chi connectivity index (χ3n) is 5.15. The van der Waals surface area contributed by atoms with Gasteiger partial charge in [-0.05, 0) is 43.8 Å². The van der Waals surface area contributed by atoms with Crippen molar-refractivity contribution < 1.29 is 5.82 Å². The van der Waals surface area contributed by atoms with Gasteiger partial charge in [-0.15, -0.1) is 0 Å². The first-order valence-electron chi connectivity index (χ1n) is 9.48. The minimum absolute atomic E-state index is 0. The summed E-state index contributed by atoms with van der Waals surface area (Å²) in [4.78, 5) is 9.58. The van der Waals surface area contributed by atoms with E-state index in [1.807, 2.05) is 17.3 Å². The predicted molar refractivity (Wildman–Crippen MR) is 108 cm³/mol. The van der Waals surface area contributed by atoms with Gasteiger partial charge in [0.05, 0.1) is 5.71 Å². The fourth-order valence-electron chi connectivity index (χ4n) is 3.66. The minimum Gasteiger partial charge on any atom is -0.351 e. The zero-order valence-electron chi connectivity index (χ0n) is 15.8. The first-order valence-corrected chi connectivity index (χ1v) is 9.48. The van der Waals surface area contributed by atoms with Crippen molar-refractivity contribution in [2.24, 2.45) is 10.1 Å². The van der Waals surface area contributed by atoms with E-state index in [-0.39, 0.29) is 7.24 Å². The van der Waals surface area contributed by atoms with Crippen molar-refractivity contribution >= 4 is 11.9 Å². The van der Waals surface area contributed by atoms with Crippen molar-refractivity contribution in [2.75, 3.05) is 26.2 Å². The molecular weight excluding hydrogens is 341 g/mol. The molecule has 0 amide bonds. The highest BCUT2D eigenvalue weighted by Gasteiger charge is 2.31. The molecule has 1 aromatic carbocycles. The lowest BCUT2D eigenvalue weighted by Gasteiger charge is -2.44. The number of allylic oxidation sites excluding steroid dienone is 2. The first-order chi connectivity index (χ1) is 13.2. The lowest BCUT2D eigenvalue weighted by molar-refractivity contribution is 0.0894. The molecule has 0 radical (unpaired) electrons. The van der Waals surface area contributed by atoms with Crippen LogP contribution in [-0.2, 0) is 0 Å². The van der Waals surface area contributed by atoms with Crippen LogP contribution in [0.15, 0.2) is 63.9 Å². The van der Waals surface area contributed by atoms with Gasteiger partial charge in [-0.1, -0.05) is 12.7 Å². The van der Waals surface area contributed by atoms with Crippen LogP contribution in [0.3, 0.4) is 0 Å². The van der Waals surface area contributed by atoms with E-state index in [1.165, 1.54) is 12.1 Å². The molecule has 6 heteroatoms. The third kappa shape index (κ3) is 3.59. The Bertz CT molecular complexity index is 867. The van der Waals surface area contributed by atoms with E-state index >= 15 is 0 Å². The van der Waals surface area contributed by atoms with Crippen molar-refractivity contribution in [3.8, 4) is 0 Å². The van der Waals surface area contributed by atoms with Crippen LogP contribution in [0.2, 0.25) is 0 Å².